The molecule has 0 amide bonds. The zero-order chi connectivity index (χ0) is 65.2. The Morgan fingerprint density at radius 1 is 0.309 bits per heavy atom. The van der Waals surface area contributed by atoms with E-state index in [1.165, 1.54) is 165 Å². The molecule has 0 spiro atoms. The lowest BCUT2D eigenvalue weighted by Gasteiger charge is -2.45. The molecule has 1 aromatic heterocycles. The minimum atomic E-state index is -0.113. The summed E-state index contributed by atoms with van der Waals surface area (Å²) in [4.78, 5) is 5.26. The molecule has 0 bridgehead atoms. The molecule has 0 atom stereocenters. The van der Waals surface area contributed by atoms with Crippen LogP contribution >= 0.6 is 0 Å². The Morgan fingerprint density at radius 3 is 1.06 bits per heavy atom. The highest BCUT2D eigenvalue weighted by atomic mass is 15.2. The van der Waals surface area contributed by atoms with Crippen molar-refractivity contribution in [2.45, 2.75) is 155 Å². The molecule has 3 heterocycles. The Bertz CT molecular complexity index is 4740. The number of anilines is 6. The molecule has 466 valence electrons. The van der Waals surface area contributed by atoms with E-state index in [4.69, 9.17) is 0 Å². The van der Waals surface area contributed by atoms with Crippen LogP contribution in [0.25, 0.3) is 72.0 Å². The first kappa shape index (κ1) is 59.9. The van der Waals surface area contributed by atoms with E-state index >= 15 is 0 Å². The fourth-order valence-corrected chi connectivity index (χ4v) is 17.1. The second-order valence-electron chi connectivity index (χ2n) is 32.7. The van der Waals surface area contributed by atoms with Crippen LogP contribution in [-0.4, -0.2) is 11.3 Å². The number of hydrogen-bond donors (Lipinski definition) is 0. The van der Waals surface area contributed by atoms with Gasteiger partial charge in [-0.3, -0.25) is 0 Å². The van der Waals surface area contributed by atoms with Crippen LogP contribution in [0.2, 0.25) is 0 Å². The summed E-state index contributed by atoms with van der Waals surface area (Å²) >= 11 is 0. The van der Waals surface area contributed by atoms with Gasteiger partial charge in [0.1, 0.15) is 0 Å². The molecule has 2 aliphatic carbocycles. The predicted octanol–water partition coefficient (Wildman–Crippen LogP) is 22.8. The van der Waals surface area contributed by atoms with Crippen LogP contribution in [0.4, 0.5) is 34.1 Å². The van der Waals surface area contributed by atoms with E-state index in [9.17, 15) is 0 Å². The van der Waals surface area contributed by atoms with Gasteiger partial charge in [-0.25, -0.2) is 0 Å². The lowest BCUT2D eigenvalue weighted by molar-refractivity contribution is 0.332. The minimum Gasteiger partial charge on any atom is -0.311 e. The van der Waals surface area contributed by atoms with Gasteiger partial charge in [-0.2, -0.15) is 0 Å². The summed E-state index contributed by atoms with van der Waals surface area (Å²) in [6.45, 7) is 33.4. The van der Waals surface area contributed by atoms with Crippen molar-refractivity contribution >= 4 is 79.0 Å². The summed E-state index contributed by atoms with van der Waals surface area (Å²) < 4.78 is 2.54. The molecule has 3 nitrogen and oxygen atoms in total. The summed E-state index contributed by atoms with van der Waals surface area (Å²) in [5, 5.41) is 2.48. The van der Waals surface area contributed by atoms with Crippen molar-refractivity contribution in [3.63, 3.8) is 0 Å². The molecule has 0 radical (unpaired) electrons. The molecule has 0 unspecified atom stereocenters. The zero-order valence-corrected chi connectivity index (χ0v) is 57.7. The molecule has 4 heteroatoms. The van der Waals surface area contributed by atoms with Crippen molar-refractivity contribution in [1.82, 2.24) is 4.57 Å². The van der Waals surface area contributed by atoms with Gasteiger partial charge in [-0.05, 0) is 213 Å². The van der Waals surface area contributed by atoms with E-state index < -0.39 is 0 Å². The van der Waals surface area contributed by atoms with Crippen molar-refractivity contribution in [2.24, 2.45) is 0 Å². The number of hydrogen-bond acceptors (Lipinski definition) is 2. The molecule has 11 aromatic carbocycles. The molecule has 0 N–H and O–H groups in total. The van der Waals surface area contributed by atoms with E-state index in [0.717, 1.165) is 17.1 Å². The molecule has 0 fully saturated rings. The van der Waals surface area contributed by atoms with Crippen molar-refractivity contribution in [1.29, 1.82) is 0 Å². The molecule has 12 aromatic rings. The summed E-state index contributed by atoms with van der Waals surface area (Å²) in [5.74, 6) is 0. The van der Waals surface area contributed by atoms with Crippen LogP contribution < -0.4 is 26.2 Å². The number of nitrogens with zero attached hydrogens (tertiary/aromatic N) is 3. The normalized spacial score (nSPS) is 16.5. The summed E-state index contributed by atoms with van der Waals surface area (Å²) in [6.07, 6.45) is 4.74. The van der Waals surface area contributed by atoms with Crippen molar-refractivity contribution < 1.29 is 0 Å². The van der Waals surface area contributed by atoms with Crippen molar-refractivity contribution in [2.75, 3.05) is 9.80 Å². The predicted molar refractivity (Wildman–Crippen MR) is 405 cm³/mol. The third-order valence-electron chi connectivity index (χ3n) is 22.6. The van der Waals surface area contributed by atoms with Crippen molar-refractivity contribution in [3.8, 4) is 50.2 Å². The van der Waals surface area contributed by atoms with Gasteiger partial charge in [0.15, 0.2) is 0 Å². The van der Waals surface area contributed by atoms with E-state index in [2.05, 4.69) is 342 Å². The van der Waals surface area contributed by atoms with Gasteiger partial charge < -0.3 is 14.4 Å². The molecular formula is C90H88BN3. The Balaban J connectivity index is 0.977. The number of para-hydroxylation sites is 2. The van der Waals surface area contributed by atoms with E-state index in [1.807, 2.05) is 0 Å². The van der Waals surface area contributed by atoms with Crippen molar-refractivity contribution in [3.05, 3.63) is 264 Å². The van der Waals surface area contributed by atoms with Crippen LogP contribution in [0.1, 0.15) is 156 Å². The summed E-state index contributed by atoms with van der Waals surface area (Å²) in [5.41, 5.74) is 33.2. The van der Waals surface area contributed by atoms with Gasteiger partial charge in [-0.15, -0.1) is 0 Å². The monoisotopic (exact) mass is 1220 g/mol. The Morgan fingerprint density at radius 2 is 0.660 bits per heavy atom. The smallest absolute Gasteiger partial charge is 0.252 e. The van der Waals surface area contributed by atoms with Crippen LogP contribution in [-0.2, 0) is 32.5 Å². The topological polar surface area (TPSA) is 11.4 Å². The zero-order valence-electron chi connectivity index (χ0n) is 57.7. The maximum absolute atomic E-state index is 2.63. The SMILES string of the molecule is CC(C)(C)c1ccccc1-c1ccc2c(c1)N(c1ccc(-c3ccc4c(c3)C(C)(C)CCC4(C)C)cc1)c1cc(-n3c4ccccc4c4ccccc43)cc3c1B2c1ccc(-c2ccccc2C(C)(C)C)cc1N3c1ccc(-c2ccc3c(c2)C(C)(C)CCC3(C)C)cc1. The first-order chi connectivity index (χ1) is 44.8. The number of benzene rings is 11. The van der Waals surface area contributed by atoms with E-state index in [-0.39, 0.29) is 39.2 Å². The molecule has 16 rings (SSSR count). The van der Waals surface area contributed by atoms with Crippen LogP contribution in [0.5, 0.6) is 0 Å². The second kappa shape index (κ2) is 21.2. The second-order valence-corrected chi connectivity index (χ2v) is 32.7. The Labute approximate surface area is 559 Å². The fraction of sp³-hybridized carbons (Fsp3) is 0.267. The fourth-order valence-electron chi connectivity index (χ4n) is 17.1. The van der Waals surface area contributed by atoms with E-state index in [1.54, 1.807) is 0 Å². The Kier molecular flexibility index (Phi) is 13.5. The number of aromatic nitrogens is 1. The first-order valence-corrected chi connectivity index (χ1v) is 34.6. The highest BCUT2D eigenvalue weighted by Crippen LogP contribution is 2.52. The molecule has 2 aliphatic heterocycles. The van der Waals surface area contributed by atoms with Gasteiger partial charge in [-0.1, -0.05) is 267 Å². The van der Waals surface area contributed by atoms with E-state index in [0.29, 0.717) is 0 Å². The molecule has 0 saturated heterocycles. The largest absolute Gasteiger partial charge is 0.311 e. The number of rotatable bonds is 7. The third kappa shape index (κ3) is 9.58. The summed E-state index contributed by atoms with van der Waals surface area (Å²) in [7, 11) is 0. The standard InChI is InChI=1S/C90H88BN3/c1-85(2,3)70-27-19-15-23-66(70)61-37-45-76-80(53-61)92(63-39-31-57(32-40-63)59-35-43-72-74(51-59)89(11,12)49-47-87(72,7)8)82-55-65(94-78-29-21-17-25-68(78)69-26-18-22-30-79(69)94)56-83-84(82)91(76)77-46-38-62(67-24-16-20-28-71(67)86(4,5)6)54-81(77)93(83)64-41-33-58(34-42-64)60-36-44-73-75(52-60)90(13,14)50-48-88(73,9)10/h15-46,51-56H,47-50H2,1-14H3. The average molecular weight is 1220 g/mol. The maximum atomic E-state index is 2.63. The lowest BCUT2D eigenvalue weighted by atomic mass is 9.33. The molecule has 94 heavy (non-hydrogen) atoms. The van der Waals surface area contributed by atoms with Gasteiger partial charge in [0.25, 0.3) is 6.71 Å². The maximum Gasteiger partial charge on any atom is 0.252 e. The van der Waals surface area contributed by atoms with Gasteiger partial charge >= 0.3 is 0 Å². The lowest BCUT2D eigenvalue weighted by Crippen LogP contribution is -2.61. The quantitative estimate of drug-likeness (QED) is 0.147. The van der Waals surface area contributed by atoms with Crippen LogP contribution in [0.15, 0.2) is 231 Å². The summed E-state index contributed by atoms with van der Waals surface area (Å²) in [6, 6.07) is 89.9. The third-order valence-corrected chi connectivity index (χ3v) is 22.6. The molecule has 4 aliphatic rings. The van der Waals surface area contributed by atoms with Crippen LogP contribution in [0, 0.1) is 0 Å². The van der Waals surface area contributed by atoms with Gasteiger partial charge in [0.2, 0.25) is 0 Å². The molecule has 0 saturated carbocycles. The van der Waals surface area contributed by atoms with Gasteiger partial charge in [0.05, 0.1) is 16.7 Å². The minimum absolute atomic E-state index is 0.0790. The highest BCUT2D eigenvalue weighted by molar-refractivity contribution is 7.00. The van der Waals surface area contributed by atoms with Crippen LogP contribution in [0.3, 0.4) is 0 Å². The number of fused-ring (bicyclic) bond motifs is 9. The average Bonchev–Trinajstić information content (AvgIpc) is 0.855. The highest BCUT2D eigenvalue weighted by Gasteiger charge is 2.45. The first-order valence-electron chi connectivity index (χ1n) is 34.6. The Hall–Kier alpha value is -9.12. The van der Waals surface area contributed by atoms with Gasteiger partial charge in [0, 0.05) is 44.9 Å². The molecular weight excluding hydrogens is 1130 g/mol.